The average Bonchev–Trinajstić information content (AvgIpc) is 1.95. The Morgan fingerprint density at radius 2 is 2.10 bits per heavy atom. The van der Waals surface area contributed by atoms with Gasteiger partial charge in [0.2, 0.25) is 0 Å². The summed E-state index contributed by atoms with van der Waals surface area (Å²) in [5.74, 6) is 0. The normalized spacial score (nSPS) is 41.7. The maximum absolute atomic E-state index is 9.12. The highest BCUT2D eigenvalue weighted by molar-refractivity contribution is 4.84. The van der Waals surface area contributed by atoms with Crippen LogP contribution < -0.4 is 10.9 Å². The maximum Gasteiger partial charge on any atom is 0.100 e. The minimum atomic E-state index is -0.883. The molecule has 60 valence electrons. The highest BCUT2D eigenvalue weighted by Crippen LogP contribution is 2.01. The van der Waals surface area contributed by atoms with Crippen molar-refractivity contribution in [3.05, 3.63) is 0 Å². The Hall–Kier alpha value is -0.200. The van der Waals surface area contributed by atoms with Crippen LogP contribution in [0.1, 0.15) is 0 Å². The molecule has 5 heteroatoms. The first-order valence-electron chi connectivity index (χ1n) is 3.21. The number of hydrazine groups is 1. The van der Waals surface area contributed by atoms with Gasteiger partial charge in [0, 0.05) is 6.54 Å². The Morgan fingerprint density at radius 1 is 1.40 bits per heavy atom. The molecule has 1 rings (SSSR count). The number of rotatable bonds is 1. The molecular weight excluding hydrogens is 136 g/mol. The van der Waals surface area contributed by atoms with Crippen molar-refractivity contribution < 1.29 is 15.3 Å². The van der Waals surface area contributed by atoms with Gasteiger partial charge in [0.05, 0.1) is 18.8 Å². The fraction of sp³-hybridized carbons (Fsp3) is 1.00. The van der Waals surface area contributed by atoms with Crippen LogP contribution in [0.4, 0.5) is 0 Å². The number of nitrogens with one attached hydrogen (secondary N) is 2. The molecule has 0 spiro atoms. The van der Waals surface area contributed by atoms with E-state index in [4.69, 9.17) is 15.3 Å². The van der Waals surface area contributed by atoms with Crippen molar-refractivity contribution in [3.63, 3.8) is 0 Å². The van der Waals surface area contributed by atoms with Gasteiger partial charge in [-0.1, -0.05) is 0 Å². The Bertz CT molecular complexity index is 111. The summed E-state index contributed by atoms with van der Waals surface area (Å²) in [6.07, 6.45) is -1.68. The number of hydrogen-bond acceptors (Lipinski definition) is 5. The monoisotopic (exact) mass is 148 g/mol. The highest BCUT2D eigenvalue weighted by atomic mass is 16.3. The van der Waals surface area contributed by atoms with E-state index in [1.54, 1.807) is 0 Å². The summed E-state index contributed by atoms with van der Waals surface area (Å²) < 4.78 is 0. The lowest BCUT2D eigenvalue weighted by Gasteiger charge is -2.31. The molecule has 1 saturated heterocycles. The van der Waals surface area contributed by atoms with Crippen LogP contribution in [-0.2, 0) is 0 Å². The van der Waals surface area contributed by atoms with Crippen LogP contribution >= 0.6 is 0 Å². The van der Waals surface area contributed by atoms with Gasteiger partial charge in [0.1, 0.15) is 6.10 Å². The van der Waals surface area contributed by atoms with Crippen LogP contribution in [0.3, 0.4) is 0 Å². The van der Waals surface area contributed by atoms with Gasteiger partial charge in [-0.3, -0.25) is 5.43 Å². The van der Waals surface area contributed by atoms with E-state index >= 15 is 0 Å². The topological polar surface area (TPSA) is 84.8 Å². The van der Waals surface area contributed by atoms with Crippen LogP contribution in [-0.4, -0.2) is 46.7 Å². The smallest absolute Gasteiger partial charge is 0.100 e. The van der Waals surface area contributed by atoms with Crippen LogP contribution in [0.2, 0.25) is 0 Å². The van der Waals surface area contributed by atoms with E-state index in [1.165, 1.54) is 0 Å². The van der Waals surface area contributed by atoms with Gasteiger partial charge in [-0.2, -0.15) is 0 Å². The van der Waals surface area contributed by atoms with Crippen LogP contribution in [0, 0.1) is 0 Å². The van der Waals surface area contributed by atoms with Crippen molar-refractivity contribution in [2.45, 2.75) is 18.2 Å². The van der Waals surface area contributed by atoms with Crippen molar-refractivity contribution in [3.8, 4) is 0 Å². The molecule has 10 heavy (non-hydrogen) atoms. The summed E-state index contributed by atoms with van der Waals surface area (Å²) in [7, 11) is 0. The number of aliphatic hydroxyl groups is 3. The molecule has 0 aliphatic carbocycles. The van der Waals surface area contributed by atoms with Gasteiger partial charge >= 0.3 is 0 Å². The van der Waals surface area contributed by atoms with Gasteiger partial charge in [-0.25, -0.2) is 5.43 Å². The summed E-state index contributed by atoms with van der Waals surface area (Å²) >= 11 is 0. The van der Waals surface area contributed by atoms with E-state index in [9.17, 15) is 0 Å². The third kappa shape index (κ3) is 1.44. The summed E-state index contributed by atoms with van der Waals surface area (Å²) in [6.45, 7) is 0.114. The van der Waals surface area contributed by atoms with Gasteiger partial charge in [-0.15, -0.1) is 0 Å². The van der Waals surface area contributed by atoms with E-state index in [2.05, 4.69) is 10.9 Å². The Balaban J connectivity index is 2.42. The molecule has 5 nitrogen and oxygen atoms in total. The van der Waals surface area contributed by atoms with Gasteiger partial charge in [0.25, 0.3) is 0 Å². The van der Waals surface area contributed by atoms with Crippen LogP contribution in [0.5, 0.6) is 0 Å². The minimum Gasteiger partial charge on any atom is -0.395 e. The molecule has 0 saturated carbocycles. The molecule has 0 radical (unpaired) electrons. The first-order valence-corrected chi connectivity index (χ1v) is 3.21. The van der Waals surface area contributed by atoms with Gasteiger partial charge in [-0.05, 0) is 0 Å². The maximum atomic E-state index is 9.12. The molecule has 1 aliphatic heterocycles. The SMILES string of the molecule is OCC1NNCC(O)C1O. The molecule has 0 amide bonds. The first-order chi connectivity index (χ1) is 4.75. The lowest BCUT2D eigenvalue weighted by atomic mass is 10.1. The van der Waals surface area contributed by atoms with Crippen molar-refractivity contribution in [1.82, 2.24) is 10.9 Å². The van der Waals surface area contributed by atoms with Gasteiger partial charge < -0.3 is 15.3 Å². The molecule has 3 unspecified atom stereocenters. The van der Waals surface area contributed by atoms with Gasteiger partial charge in [0.15, 0.2) is 0 Å². The first kappa shape index (κ1) is 7.90. The summed E-state index contributed by atoms with van der Waals surface area (Å²) in [6, 6.07) is -0.469. The van der Waals surface area contributed by atoms with Crippen LogP contribution in [0.15, 0.2) is 0 Å². The lowest BCUT2D eigenvalue weighted by molar-refractivity contribution is -0.0433. The molecule has 0 aromatic rings. The van der Waals surface area contributed by atoms with E-state index < -0.39 is 18.2 Å². The molecule has 0 aromatic heterocycles. The second-order valence-corrected chi connectivity index (χ2v) is 2.37. The Kier molecular flexibility index (Phi) is 2.58. The number of hydrogen-bond donors (Lipinski definition) is 5. The molecule has 0 bridgehead atoms. The quantitative estimate of drug-likeness (QED) is 0.277. The molecular formula is C5H12N2O3. The molecule has 1 heterocycles. The highest BCUT2D eigenvalue weighted by Gasteiger charge is 2.29. The van der Waals surface area contributed by atoms with E-state index in [0.29, 0.717) is 6.54 Å². The van der Waals surface area contributed by atoms with Crippen LogP contribution in [0.25, 0.3) is 0 Å². The molecule has 5 N–H and O–H groups in total. The van der Waals surface area contributed by atoms with Crippen molar-refractivity contribution >= 4 is 0 Å². The third-order valence-electron chi connectivity index (χ3n) is 1.60. The molecule has 1 aliphatic rings. The standard InChI is InChI=1S/C5H12N2O3/c8-2-3-5(10)4(9)1-6-7-3/h3-10H,1-2H2. The zero-order valence-electron chi connectivity index (χ0n) is 5.49. The third-order valence-corrected chi connectivity index (χ3v) is 1.60. The zero-order valence-corrected chi connectivity index (χ0v) is 5.49. The average molecular weight is 148 g/mol. The molecule has 1 fully saturated rings. The predicted octanol–water partition coefficient (Wildman–Crippen LogP) is -2.82. The zero-order chi connectivity index (χ0) is 7.56. The lowest BCUT2D eigenvalue weighted by Crippen LogP contribution is -2.62. The van der Waals surface area contributed by atoms with E-state index in [0.717, 1.165) is 0 Å². The number of aliphatic hydroxyl groups excluding tert-OH is 3. The second-order valence-electron chi connectivity index (χ2n) is 2.37. The minimum absolute atomic E-state index is 0.189. The Labute approximate surface area is 58.6 Å². The summed E-state index contributed by atoms with van der Waals surface area (Å²) in [4.78, 5) is 0. The molecule has 3 atom stereocenters. The fourth-order valence-corrected chi connectivity index (χ4v) is 0.923. The van der Waals surface area contributed by atoms with E-state index in [-0.39, 0.29) is 6.61 Å². The predicted molar refractivity (Wildman–Crippen MR) is 34.0 cm³/mol. The summed E-state index contributed by atoms with van der Waals surface area (Å²) in [5.41, 5.74) is 5.28. The Morgan fingerprint density at radius 3 is 2.60 bits per heavy atom. The van der Waals surface area contributed by atoms with Crippen molar-refractivity contribution in [2.24, 2.45) is 0 Å². The largest absolute Gasteiger partial charge is 0.395 e. The van der Waals surface area contributed by atoms with Crippen molar-refractivity contribution in [2.75, 3.05) is 13.2 Å². The molecule has 0 aromatic carbocycles. The van der Waals surface area contributed by atoms with Crippen molar-refractivity contribution in [1.29, 1.82) is 0 Å². The number of β-amino-alcohol motifs (C(OH)–C–C–N with tert-alkyl or cyclic N) is 1. The van der Waals surface area contributed by atoms with E-state index in [1.807, 2.05) is 0 Å². The second kappa shape index (κ2) is 3.27. The summed E-state index contributed by atoms with van der Waals surface area (Å²) in [5, 5.41) is 26.7. The fourth-order valence-electron chi connectivity index (χ4n) is 0.923.